The van der Waals surface area contributed by atoms with Crippen LogP contribution in [-0.2, 0) is 11.2 Å². The maximum Gasteiger partial charge on any atom is 0.224 e. The van der Waals surface area contributed by atoms with Crippen LogP contribution in [0.5, 0.6) is 0 Å². The van der Waals surface area contributed by atoms with Gasteiger partial charge in [0, 0.05) is 6.54 Å². The Hall–Kier alpha value is -1.35. The number of aryl methyl sites for hydroxylation is 1. The summed E-state index contributed by atoms with van der Waals surface area (Å²) in [4.78, 5) is 11.7. The Morgan fingerprint density at radius 2 is 2.00 bits per heavy atom. The first kappa shape index (κ1) is 14.7. The van der Waals surface area contributed by atoms with Crippen molar-refractivity contribution in [3.63, 3.8) is 0 Å². The first-order valence-electron chi connectivity index (χ1n) is 6.74. The summed E-state index contributed by atoms with van der Waals surface area (Å²) in [7, 11) is 0. The van der Waals surface area contributed by atoms with Crippen LogP contribution in [0.4, 0.5) is 0 Å². The number of amides is 1. The van der Waals surface area contributed by atoms with Gasteiger partial charge in [-0.15, -0.1) is 0 Å². The van der Waals surface area contributed by atoms with E-state index in [1.165, 1.54) is 5.56 Å². The molecule has 1 aromatic carbocycles. The van der Waals surface area contributed by atoms with Gasteiger partial charge in [0.2, 0.25) is 5.91 Å². The molecule has 3 N–H and O–H groups in total. The van der Waals surface area contributed by atoms with Crippen molar-refractivity contribution >= 4 is 5.91 Å². The zero-order chi connectivity index (χ0) is 13.2. The van der Waals surface area contributed by atoms with Crippen LogP contribution in [0.3, 0.4) is 0 Å². The van der Waals surface area contributed by atoms with Crippen LogP contribution in [-0.4, -0.2) is 19.0 Å². The normalized spacial score (nSPS) is 10.3. The van der Waals surface area contributed by atoms with E-state index in [-0.39, 0.29) is 5.91 Å². The Kier molecular flexibility index (Phi) is 7.11. The van der Waals surface area contributed by atoms with Crippen molar-refractivity contribution in [1.82, 2.24) is 5.32 Å². The second-order valence-corrected chi connectivity index (χ2v) is 4.72. The van der Waals surface area contributed by atoms with Gasteiger partial charge in [-0.3, -0.25) is 4.79 Å². The molecule has 100 valence electrons. The van der Waals surface area contributed by atoms with Gasteiger partial charge in [-0.2, -0.15) is 0 Å². The van der Waals surface area contributed by atoms with Gasteiger partial charge >= 0.3 is 0 Å². The number of benzene rings is 1. The fraction of sp³-hybridized carbons (Fsp3) is 0.533. The molecular formula is C15H24N2O. The van der Waals surface area contributed by atoms with Crippen LogP contribution in [0.2, 0.25) is 0 Å². The Morgan fingerprint density at radius 3 is 2.72 bits per heavy atom. The second-order valence-electron chi connectivity index (χ2n) is 4.72. The van der Waals surface area contributed by atoms with Gasteiger partial charge in [0.15, 0.2) is 0 Å². The highest BCUT2D eigenvalue weighted by atomic mass is 16.1. The number of rotatable bonds is 8. The molecule has 1 rings (SSSR count). The van der Waals surface area contributed by atoms with Gasteiger partial charge < -0.3 is 11.1 Å². The lowest BCUT2D eigenvalue weighted by Gasteiger charge is -2.05. The van der Waals surface area contributed by atoms with Crippen LogP contribution in [0.15, 0.2) is 24.3 Å². The molecule has 0 unspecified atom stereocenters. The molecule has 18 heavy (non-hydrogen) atoms. The predicted octanol–water partition coefficient (Wildman–Crippen LogP) is 2.17. The Bertz CT molecular complexity index is 363. The second kappa shape index (κ2) is 8.70. The quantitative estimate of drug-likeness (QED) is 0.693. The molecule has 0 radical (unpaired) electrons. The minimum atomic E-state index is 0.111. The molecule has 0 aliphatic carbocycles. The Morgan fingerprint density at radius 1 is 1.22 bits per heavy atom. The summed E-state index contributed by atoms with van der Waals surface area (Å²) < 4.78 is 0. The lowest BCUT2D eigenvalue weighted by molar-refractivity contribution is -0.120. The zero-order valence-corrected chi connectivity index (χ0v) is 11.2. The first-order chi connectivity index (χ1) is 8.72. The minimum Gasteiger partial charge on any atom is -0.356 e. The van der Waals surface area contributed by atoms with Crippen molar-refractivity contribution < 1.29 is 4.79 Å². The van der Waals surface area contributed by atoms with E-state index in [4.69, 9.17) is 5.73 Å². The highest BCUT2D eigenvalue weighted by Gasteiger charge is 2.02. The summed E-state index contributed by atoms with van der Waals surface area (Å²) in [6, 6.07) is 8.08. The highest BCUT2D eigenvalue weighted by molar-refractivity contribution is 5.78. The molecule has 1 amide bonds. The fourth-order valence-corrected chi connectivity index (χ4v) is 1.92. The van der Waals surface area contributed by atoms with E-state index < -0.39 is 0 Å². The summed E-state index contributed by atoms with van der Waals surface area (Å²) in [6.45, 7) is 3.58. The van der Waals surface area contributed by atoms with E-state index in [1.807, 2.05) is 25.1 Å². The molecule has 0 aromatic heterocycles. The van der Waals surface area contributed by atoms with Crippen LogP contribution < -0.4 is 11.1 Å². The molecule has 0 fully saturated rings. The molecular weight excluding hydrogens is 224 g/mol. The molecule has 0 aliphatic rings. The standard InChI is InChI=1S/C15H24N2O/c1-13-7-6-8-14(11-13)12-15(18)17-10-5-3-2-4-9-16/h6-8,11H,2-5,9-10,12,16H2,1H3,(H,17,18). The third-order valence-electron chi connectivity index (χ3n) is 2.90. The predicted molar refractivity (Wildman–Crippen MR) is 75.4 cm³/mol. The Balaban J connectivity index is 2.14. The van der Waals surface area contributed by atoms with Gasteiger partial charge in [0.05, 0.1) is 6.42 Å². The van der Waals surface area contributed by atoms with E-state index in [2.05, 4.69) is 11.4 Å². The molecule has 0 heterocycles. The largest absolute Gasteiger partial charge is 0.356 e. The van der Waals surface area contributed by atoms with Gasteiger partial charge in [-0.1, -0.05) is 42.7 Å². The zero-order valence-electron chi connectivity index (χ0n) is 11.2. The summed E-state index contributed by atoms with van der Waals surface area (Å²) in [6.07, 6.45) is 4.90. The first-order valence-corrected chi connectivity index (χ1v) is 6.74. The molecule has 3 nitrogen and oxygen atoms in total. The van der Waals surface area contributed by atoms with Crippen LogP contribution in [0.1, 0.15) is 36.8 Å². The monoisotopic (exact) mass is 248 g/mol. The molecule has 3 heteroatoms. The van der Waals surface area contributed by atoms with Crippen molar-refractivity contribution in [2.75, 3.05) is 13.1 Å². The lowest BCUT2D eigenvalue weighted by atomic mass is 10.1. The summed E-state index contributed by atoms with van der Waals surface area (Å²) in [5, 5.41) is 2.96. The van der Waals surface area contributed by atoms with Crippen molar-refractivity contribution in [3.05, 3.63) is 35.4 Å². The van der Waals surface area contributed by atoms with Crippen molar-refractivity contribution in [2.24, 2.45) is 5.73 Å². The van der Waals surface area contributed by atoms with Crippen LogP contribution in [0, 0.1) is 6.92 Å². The fourth-order valence-electron chi connectivity index (χ4n) is 1.92. The summed E-state index contributed by atoms with van der Waals surface area (Å²) >= 11 is 0. The highest BCUT2D eigenvalue weighted by Crippen LogP contribution is 2.04. The number of unbranched alkanes of at least 4 members (excludes halogenated alkanes) is 3. The van der Waals surface area contributed by atoms with E-state index in [0.29, 0.717) is 6.42 Å². The summed E-state index contributed by atoms with van der Waals surface area (Å²) in [5.74, 6) is 0.111. The number of nitrogens with two attached hydrogens (primary N) is 1. The van der Waals surface area contributed by atoms with Crippen molar-refractivity contribution in [3.8, 4) is 0 Å². The maximum absolute atomic E-state index is 11.7. The van der Waals surface area contributed by atoms with Crippen molar-refractivity contribution in [2.45, 2.75) is 39.0 Å². The van der Waals surface area contributed by atoms with E-state index in [0.717, 1.165) is 44.3 Å². The third kappa shape index (κ3) is 6.40. The SMILES string of the molecule is Cc1cccc(CC(=O)NCCCCCCN)c1. The minimum absolute atomic E-state index is 0.111. The molecule has 1 aromatic rings. The van der Waals surface area contributed by atoms with E-state index >= 15 is 0 Å². The average Bonchev–Trinajstić information content (AvgIpc) is 2.33. The smallest absolute Gasteiger partial charge is 0.224 e. The molecule has 0 atom stereocenters. The maximum atomic E-state index is 11.7. The van der Waals surface area contributed by atoms with Gasteiger partial charge in [0.1, 0.15) is 0 Å². The van der Waals surface area contributed by atoms with Gasteiger partial charge in [-0.05, 0) is 31.9 Å². The molecule has 0 saturated heterocycles. The van der Waals surface area contributed by atoms with E-state index in [9.17, 15) is 4.79 Å². The van der Waals surface area contributed by atoms with Crippen LogP contribution >= 0.6 is 0 Å². The van der Waals surface area contributed by atoms with Gasteiger partial charge in [-0.25, -0.2) is 0 Å². The molecule has 0 aliphatic heterocycles. The average molecular weight is 248 g/mol. The Labute approximate surface area is 110 Å². The topological polar surface area (TPSA) is 55.1 Å². The summed E-state index contributed by atoms with van der Waals surface area (Å²) in [5.41, 5.74) is 7.70. The number of carbonyl (C=O) groups is 1. The van der Waals surface area contributed by atoms with Crippen molar-refractivity contribution in [1.29, 1.82) is 0 Å². The number of nitrogens with one attached hydrogen (secondary N) is 1. The number of hydrogen-bond acceptors (Lipinski definition) is 2. The van der Waals surface area contributed by atoms with Gasteiger partial charge in [0.25, 0.3) is 0 Å². The molecule has 0 bridgehead atoms. The van der Waals surface area contributed by atoms with Crippen LogP contribution in [0.25, 0.3) is 0 Å². The number of hydrogen-bond donors (Lipinski definition) is 2. The molecule has 0 spiro atoms. The van der Waals surface area contributed by atoms with E-state index in [1.54, 1.807) is 0 Å². The lowest BCUT2D eigenvalue weighted by Crippen LogP contribution is -2.26. The molecule has 0 saturated carbocycles. The third-order valence-corrected chi connectivity index (χ3v) is 2.90. The number of carbonyl (C=O) groups excluding carboxylic acids is 1.